The van der Waals surface area contributed by atoms with Gasteiger partial charge in [0.1, 0.15) is 5.82 Å². The maximum atomic E-state index is 14.0. The highest BCUT2D eigenvalue weighted by atomic mass is 19.1. The number of halogens is 1. The number of likely N-dealkylation sites (tertiary alicyclic amines) is 1. The fourth-order valence-corrected chi connectivity index (χ4v) is 4.81. The maximum Gasteiger partial charge on any atom is 0.348 e. The fraction of sp³-hybridized carbons (Fsp3) is 0.636. The Morgan fingerprint density at radius 3 is 2.79 bits per heavy atom. The molecule has 158 valence electrons. The third kappa shape index (κ3) is 4.71. The van der Waals surface area contributed by atoms with Crippen LogP contribution >= 0.6 is 0 Å². The molecule has 0 spiro atoms. The fourth-order valence-electron chi connectivity index (χ4n) is 4.81. The van der Waals surface area contributed by atoms with Crippen LogP contribution in [-0.4, -0.2) is 46.4 Å². The third-order valence-corrected chi connectivity index (χ3v) is 6.49. The van der Waals surface area contributed by atoms with Crippen molar-refractivity contribution in [2.45, 2.75) is 57.3 Å². The summed E-state index contributed by atoms with van der Waals surface area (Å²) in [4.78, 5) is 17.9. The number of piperidine rings is 1. The van der Waals surface area contributed by atoms with Crippen LogP contribution in [0.3, 0.4) is 0 Å². The van der Waals surface area contributed by atoms with E-state index in [4.69, 9.17) is 4.74 Å². The van der Waals surface area contributed by atoms with E-state index in [1.54, 1.807) is 6.07 Å². The number of hydrogen-bond acceptors (Lipinski definition) is 4. The van der Waals surface area contributed by atoms with Crippen molar-refractivity contribution in [2.75, 3.05) is 26.7 Å². The zero-order chi connectivity index (χ0) is 20.2. The molecule has 7 heteroatoms. The number of aromatic amines is 1. The summed E-state index contributed by atoms with van der Waals surface area (Å²) in [7, 11) is 1.42. The van der Waals surface area contributed by atoms with Crippen molar-refractivity contribution >= 4 is 0 Å². The van der Waals surface area contributed by atoms with E-state index < -0.39 is 5.82 Å². The predicted octanol–water partition coefficient (Wildman–Crippen LogP) is 3.86. The smallest absolute Gasteiger partial charge is 0.348 e. The molecule has 2 heterocycles. The van der Waals surface area contributed by atoms with E-state index in [2.05, 4.69) is 15.0 Å². The minimum absolute atomic E-state index is 0.151. The molecule has 1 aliphatic heterocycles. The molecule has 0 amide bonds. The Balaban J connectivity index is 1.42. The van der Waals surface area contributed by atoms with Crippen LogP contribution in [0.2, 0.25) is 0 Å². The van der Waals surface area contributed by atoms with E-state index in [0.717, 1.165) is 38.4 Å². The minimum Gasteiger partial charge on any atom is -0.494 e. The Bertz CT molecular complexity index is 872. The maximum absolute atomic E-state index is 14.0. The van der Waals surface area contributed by atoms with E-state index in [1.807, 2.05) is 0 Å². The Hall–Kier alpha value is -2.15. The number of H-pyrrole nitrogens is 1. The lowest BCUT2D eigenvalue weighted by atomic mass is 9.86. The van der Waals surface area contributed by atoms with Gasteiger partial charge in [-0.3, -0.25) is 4.98 Å². The largest absolute Gasteiger partial charge is 0.494 e. The number of benzene rings is 1. The molecule has 0 radical (unpaired) electrons. The second-order valence-electron chi connectivity index (χ2n) is 8.48. The van der Waals surface area contributed by atoms with Crippen LogP contribution in [0.5, 0.6) is 5.75 Å². The first kappa shape index (κ1) is 20.1. The van der Waals surface area contributed by atoms with Crippen molar-refractivity contribution in [1.82, 2.24) is 19.7 Å². The van der Waals surface area contributed by atoms with Crippen LogP contribution in [-0.2, 0) is 0 Å². The van der Waals surface area contributed by atoms with E-state index in [1.165, 1.54) is 62.4 Å². The van der Waals surface area contributed by atoms with E-state index >= 15 is 0 Å². The van der Waals surface area contributed by atoms with E-state index in [-0.39, 0.29) is 17.4 Å². The average Bonchev–Trinajstić information content (AvgIpc) is 3.15. The first-order valence-corrected chi connectivity index (χ1v) is 10.9. The van der Waals surface area contributed by atoms with Crippen molar-refractivity contribution < 1.29 is 9.13 Å². The van der Waals surface area contributed by atoms with E-state index in [0.29, 0.717) is 11.5 Å². The molecule has 1 N–H and O–H groups in total. The average molecular weight is 403 g/mol. The highest BCUT2D eigenvalue weighted by molar-refractivity contribution is 5.37. The Morgan fingerprint density at radius 1 is 1.21 bits per heavy atom. The summed E-state index contributed by atoms with van der Waals surface area (Å²) in [6.45, 7) is 3.18. The quantitative estimate of drug-likeness (QED) is 0.797. The van der Waals surface area contributed by atoms with Gasteiger partial charge in [0.2, 0.25) is 0 Å². The molecule has 2 aliphatic rings. The van der Waals surface area contributed by atoms with Gasteiger partial charge < -0.3 is 9.64 Å². The number of methoxy groups -OCH3 is 1. The van der Waals surface area contributed by atoms with Gasteiger partial charge in [0, 0.05) is 18.5 Å². The summed E-state index contributed by atoms with van der Waals surface area (Å²) in [5, 5.41) is 4.50. The number of rotatable bonds is 6. The third-order valence-electron chi connectivity index (χ3n) is 6.49. The Labute approximate surface area is 171 Å². The zero-order valence-electron chi connectivity index (χ0n) is 17.2. The van der Waals surface area contributed by atoms with Crippen LogP contribution in [0.1, 0.15) is 63.1 Å². The molecule has 1 aliphatic carbocycles. The van der Waals surface area contributed by atoms with E-state index in [9.17, 15) is 9.18 Å². The molecule has 1 aromatic carbocycles. The number of ether oxygens (including phenoxy) is 1. The molecule has 2 fully saturated rings. The molecule has 6 nitrogen and oxygen atoms in total. The second kappa shape index (κ2) is 9.11. The van der Waals surface area contributed by atoms with Crippen molar-refractivity contribution in [3.05, 3.63) is 40.3 Å². The summed E-state index contributed by atoms with van der Waals surface area (Å²) in [5.74, 6) is 1.44. The molecule has 0 unspecified atom stereocenters. The lowest BCUT2D eigenvalue weighted by molar-refractivity contribution is 0.182. The normalized spacial score (nSPS) is 21.4. The molecule has 0 bridgehead atoms. The number of nitrogens with zero attached hydrogens (tertiary/aromatic N) is 3. The number of hydrogen-bond donors (Lipinski definition) is 1. The monoisotopic (exact) mass is 402 g/mol. The van der Waals surface area contributed by atoms with Crippen molar-refractivity contribution in [1.29, 1.82) is 0 Å². The van der Waals surface area contributed by atoms with Crippen LogP contribution in [0.4, 0.5) is 4.39 Å². The molecule has 1 atom stereocenters. The topological polar surface area (TPSA) is 63.1 Å². The van der Waals surface area contributed by atoms with Gasteiger partial charge in [-0.15, -0.1) is 5.10 Å². The minimum atomic E-state index is -0.506. The first-order chi connectivity index (χ1) is 14.1. The molecule has 1 aromatic heterocycles. The van der Waals surface area contributed by atoms with Crippen LogP contribution < -0.4 is 10.4 Å². The van der Waals surface area contributed by atoms with Gasteiger partial charge in [0.25, 0.3) is 0 Å². The summed E-state index contributed by atoms with van der Waals surface area (Å²) in [6.07, 6.45) is 10.3. The Kier molecular flexibility index (Phi) is 6.33. The number of aromatic nitrogens is 3. The van der Waals surface area contributed by atoms with Gasteiger partial charge >= 0.3 is 5.69 Å². The Morgan fingerprint density at radius 2 is 2.03 bits per heavy atom. The molecular weight excluding hydrogens is 371 g/mol. The molecular formula is C22H31FN4O2. The van der Waals surface area contributed by atoms with Crippen LogP contribution in [0.15, 0.2) is 23.0 Å². The lowest BCUT2D eigenvalue weighted by Crippen LogP contribution is -2.36. The SMILES string of the molecule is COc1ccc(-n2nc([C@H]3CCCN(CCC4CCCCC4)C3)[nH]c2=O)cc1F. The van der Waals surface area contributed by atoms with Gasteiger partial charge in [-0.05, 0) is 50.4 Å². The molecule has 1 saturated heterocycles. The van der Waals surface area contributed by atoms with Gasteiger partial charge in [-0.25, -0.2) is 9.18 Å². The van der Waals surface area contributed by atoms with Gasteiger partial charge in [-0.2, -0.15) is 4.68 Å². The predicted molar refractivity (Wildman–Crippen MR) is 110 cm³/mol. The van der Waals surface area contributed by atoms with Crippen LogP contribution in [0.25, 0.3) is 5.69 Å². The number of nitrogens with one attached hydrogen (secondary N) is 1. The molecule has 2 aromatic rings. The molecule has 4 rings (SSSR count). The zero-order valence-corrected chi connectivity index (χ0v) is 17.2. The summed E-state index contributed by atoms with van der Waals surface area (Å²) < 4.78 is 20.2. The summed E-state index contributed by atoms with van der Waals surface area (Å²) in [6, 6.07) is 4.44. The first-order valence-electron chi connectivity index (χ1n) is 10.9. The summed E-state index contributed by atoms with van der Waals surface area (Å²) >= 11 is 0. The lowest BCUT2D eigenvalue weighted by Gasteiger charge is -2.33. The van der Waals surface area contributed by atoms with Gasteiger partial charge in [0.15, 0.2) is 11.6 Å². The molecule has 29 heavy (non-hydrogen) atoms. The van der Waals surface area contributed by atoms with Crippen molar-refractivity contribution in [3.63, 3.8) is 0 Å². The van der Waals surface area contributed by atoms with Crippen molar-refractivity contribution in [2.24, 2.45) is 5.92 Å². The van der Waals surface area contributed by atoms with Gasteiger partial charge in [0.05, 0.1) is 12.8 Å². The highest BCUT2D eigenvalue weighted by Crippen LogP contribution is 2.29. The summed E-state index contributed by atoms with van der Waals surface area (Å²) in [5.41, 5.74) is 0.0738. The van der Waals surface area contributed by atoms with Gasteiger partial charge in [-0.1, -0.05) is 32.1 Å². The second-order valence-corrected chi connectivity index (χ2v) is 8.48. The molecule has 1 saturated carbocycles. The van der Waals surface area contributed by atoms with Crippen LogP contribution in [0, 0.1) is 11.7 Å². The standard InChI is InChI=1S/C22H31FN4O2/c1-29-20-10-9-18(14-19(20)23)27-22(28)24-21(25-27)17-8-5-12-26(15-17)13-11-16-6-3-2-4-7-16/h9-10,14,16-17H,2-8,11-13,15H2,1H3,(H,24,25,28)/t17-/m0/s1. The van der Waals surface area contributed by atoms with Crippen molar-refractivity contribution in [3.8, 4) is 11.4 Å². The highest BCUT2D eigenvalue weighted by Gasteiger charge is 2.25.